The van der Waals surface area contributed by atoms with Gasteiger partial charge in [-0.05, 0) is 0 Å². The smallest absolute Gasteiger partial charge is 0.662 e. The summed E-state index contributed by atoms with van der Waals surface area (Å²) in [6.45, 7) is 2.25. The predicted octanol–water partition coefficient (Wildman–Crippen LogP) is 1.61. The summed E-state index contributed by atoms with van der Waals surface area (Å²) >= 11 is 0. The van der Waals surface area contributed by atoms with Crippen LogP contribution in [0.4, 0.5) is 0 Å². The molecule has 0 unspecified atom stereocenters. The Morgan fingerprint density at radius 3 is 1.50 bits per heavy atom. The minimum atomic E-state index is 0. The van der Waals surface area contributed by atoms with Crippen molar-refractivity contribution in [3.05, 3.63) is 12.7 Å². The number of rotatable bonds is 0. The number of nitrogens with zero attached hydrogens (tertiary/aromatic N) is 1. The van der Waals surface area contributed by atoms with Gasteiger partial charge in [0.15, 0.2) is 0 Å². The van der Waals surface area contributed by atoms with E-state index in [0.29, 0.717) is 0 Å². The van der Waals surface area contributed by atoms with E-state index in [-0.39, 0.29) is 30.5 Å². The van der Waals surface area contributed by atoms with Crippen molar-refractivity contribution in [1.29, 1.82) is 0 Å². The molecule has 0 aromatic carbocycles. The standard InChI is InChI=1S/C5H10N.CH3.Mg/c1-2-4-6-5-3-1;;/h1-5H2;1H3;/q2*-1;+2. The summed E-state index contributed by atoms with van der Waals surface area (Å²) < 4.78 is 0. The van der Waals surface area contributed by atoms with Gasteiger partial charge in [-0.15, -0.1) is 13.1 Å². The summed E-state index contributed by atoms with van der Waals surface area (Å²) in [7, 11) is 0. The number of hydrogen-bond acceptors (Lipinski definition) is 0. The molecule has 0 bridgehead atoms. The molecule has 0 amide bonds. The van der Waals surface area contributed by atoms with Gasteiger partial charge in [0.1, 0.15) is 0 Å². The van der Waals surface area contributed by atoms with Gasteiger partial charge in [0, 0.05) is 0 Å². The normalized spacial score (nSPS) is 18.0. The van der Waals surface area contributed by atoms with Crippen LogP contribution >= 0.6 is 0 Å². The number of piperidine rings is 1. The van der Waals surface area contributed by atoms with Crippen LogP contribution in [0.15, 0.2) is 0 Å². The molecule has 0 aliphatic carbocycles. The molecule has 0 radical (unpaired) electrons. The molecule has 1 saturated heterocycles. The Balaban J connectivity index is 0. The molecule has 8 heavy (non-hydrogen) atoms. The summed E-state index contributed by atoms with van der Waals surface area (Å²) in [6, 6.07) is 0. The third-order valence-corrected chi connectivity index (χ3v) is 1.13. The Labute approximate surface area is 68.4 Å². The second-order valence-corrected chi connectivity index (χ2v) is 1.73. The Hall–Kier alpha value is 0.726. The first kappa shape index (κ1) is 11.5. The third-order valence-electron chi connectivity index (χ3n) is 1.13. The monoisotopic (exact) mass is 123 g/mol. The van der Waals surface area contributed by atoms with Crippen molar-refractivity contribution in [3.8, 4) is 0 Å². The molecule has 1 heterocycles. The number of hydrogen-bond donors (Lipinski definition) is 0. The van der Waals surface area contributed by atoms with Crippen LogP contribution in [0.25, 0.3) is 5.32 Å². The van der Waals surface area contributed by atoms with Gasteiger partial charge in [0.2, 0.25) is 0 Å². The molecule has 0 aromatic heterocycles. The van der Waals surface area contributed by atoms with E-state index in [2.05, 4.69) is 5.32 Å². The summed E-state index contributed by atoms with van der Waals surface area (Å²) in [5.41, 5.74) is 0. The Bertz CT molecular complexity index is 24.0. The van der Waals surface area contributed by atoms with E-state index in [1.807, 2.05) is 0 Å². The van der Waals surface area contributed by atoms with Crippen LogP contribution in [0, 0.1) is 7.43 Å². The maximum atomic E-state index is 4.18. The zero-order valence-electron chi connectivity index (χ0n) is 5.69. The van der Waals surface area contributed by atoms with Gasteiger partial charge in [-0.1, -0.05) is 19.3 Å². The molecule has 0 spiro atoms. The van der Waals surface area contributed by atoms with Gasteiger partial charge >= 0.3 is 23.1 Å². The van der Waals surface area contributed by atoms with Crippen molar-refractivity contribution in [2.75, 3.05) is 13.1 Å². The van der Waals surface area contributed by atoms with Gasteiger partial charge < -0.3 is 12.7 Å². The molecule has 2 heteroatoms. The van der Waals surface area contributed by atoms with Crippen molar-refractivity contribution in [1.82, 2.24) is 0 Å². The maximum absolute atomic E-state index is 4.18. The van der Waals surface area contributed by atoms with Gasteiger partial charge in [-0.2, -0.15) is 0 Å². The van der Waals surface area contributed by atoms with E-state index < -0.39 is 0 Å². The average Bonchev–Trinajstić information content (AvgIpc) is 1.72. The van der Waals surface area contributed by atoms with Crippen LogP contribution in [0.2, 0.25) is 0 Å². The fourth-order valence-electron chi connectivity index (χ4n) is 0.736. The topological polar surface area (TPSA) is 14.1 Å². The average molecular weight is 123 g/mol. The molecular weight excluding hydrogens is 110 g/mol. The van der Waals surface area contributed by atoms with Crippen LogP contribution in [0.3, 0.4) is 0 Å². The van der Waals surface area contributed by atoms with Crippen molar-refractivity contribution >= 4 is 23.1 Å². The van der Waals surface area contributed by atoms with Gasteiger partial charge in [0.05, 0.1) is 0 Å². The van der Waals surface area contributed by atoms with Gasteiger partial charge in [-0.3, -0.25) is 0 Å². The molecule has 44 valence electrons. The van der Waals surface area contributed by atoms with E-state index in [1.165, 1.54) is 19.3 Å². The second kappa shape index (κ2) is 7.73. The molecule has 1 nitrogen and oxygen atoms in total. The molecule has 0 saturated carbocycles. The van der Waals surface area contributed by atoms with Crippen molar-refractivity contribution in [3.63, 3.8) is 0 Å². The summed E-state index contributed by atoms with van der Waals surface area (Å²) in [4.78, 5) is 0. The first-order chi connectivity index (χ1) is 3.00. The fourth-order valence-corrected chi connectivity index (χ4v) is 0.736. The van der Waals surface area contributed by atoms with Crippen LogP contribution in [-0.2, 0) is 0 Å². The van der Waals surface area contributed by atoms with Crippen molar-refractivity contribution in [2.24, 2.45) is 0 Å². The van der Waals surface area contributed by atoms with E-state index in [9.17, 15) is 0 Å². The van der Waals surface area contributed by atoms with E-state index in [0.717, 1.165) is 13.1 Å². The van der Waals surface area contributed by atoms with Gasteiger partial charge in [0.25, 0.3) is 0 Å². The Morgan fingerprint density at radius 2 is 1.38 bits per heavy atom. The quantitative estimate of drug-likeness (QED) is 0.343. The Kier molecular flexibility index (Phi) is 11.1. The zero-order chi connectivity index (χ0) is 4.24. The van der Waals surface area contributed by atoms with Crippen molar-refractivity contribution < 1.29 is 0 Å². The van der Waals surface area contributed by atoms with E-state index in [4.69, 9.17) is 0 Å². The van der Waals surface area contributed by atoms with Crippen LogP contribution < -0.4 is 0 Å². The summed E-state index contributed by atoms with van der Waals surface area (Å²) in [6.07, 6.45) is 4.07. The molecule has 0 N–H and O–H groups in total. The molecular formula is C6H13MgN. The SMILES string of the molecule is C1CC[N-]CC1.[CH3-].[Mg+2]. The van der Waals surface area contributed by atoms with Crippen molar-refractivity contribution in [2.45, 2.75) is 19.3 Å². The summed E-state index contributed by atoms with van der Waals surface area (Å²) in [5.74, 6) is 0. The largest absolute Gasteiger partial charge is 2.00 e. The fraction of sp³-hybridized carbons (Fsp3) is 0.833. The Morgan fingerprint density at radius 1 is 0.875 bits per heavy atom. The first-order valence-corrected chi connectivity index (χ1v) is 2.63. The molecule has 1 aliphatic rings. The molecule has 1 rings (SSSR count). The van der Waals surface area contributed by atoms with Crippen LogP contribution in [0.1, 0.15) is 19.3 Å². The van der Waals surface area contributed by atoms with Crippen LogP contribution in [-0.4, -0.2) is 36.1 Å². The van der Waals surface area contributed by atoms with E-state index in [1.54, 1.807) is 0 Å². The maximum Gasteiger partial charge on any atom is 2.00 e. The first-order valence-electron chi connectivity index (χ1n) is 2.63. The third kappa shape index (κ3) is 4.87. The minimum absolute atomic E-state index is 0. The van der Waals surface area contributed by atoms with Gasteiger partial charge in [-0.25, -0.2) is 0 Å². The molecule has 1 fully saturated rings. The second-order valence-electron chi connectivity index (χ2n) is 1.73. The zero-order valence-corrected chi connectivity index (χ0v) is 7.10. The molecule has 0 atom stereocenters. The van der Waals surface area contributed by atoms with E-state index >= 15 is 0 Å². The molecule has 1 aliphatic heterocycles. The summed E-state index contributed by atoms with van der Waals surface area (Å²) in [5, 5.41) is 4.18. The molecule has 0 aromatic rings. The minimum Gasteiger partial charge on any atom is -0.662 e. The predicted molar refractivity (Wildman–Crippen MR) is 39.1 cm³/mol. The van der Waals surface area contributed by atoms with Crippen LogP contribution in [0.5, 0.6) is 0 Å².